The lowest BCUT2D eigenvalue weighted by molar-refractivity contribution is 0.0548. The van der Waals surface area contributed by atoms with Gasteiger partial charge in [0.1, 0.15) is 5.76 Å². The van der Waals surface area contributed by atoms with Crippen LogP contribution < -0.4 is 0 Å². The molecular formula is C22H25N3O4. The second-order valence-electron chi connectivity index (χ2n) is 8.00. The van der Waals surface area contributed by atoms with Crippen LogP contribution in [0.2, 0.25) is 0 Å². The summed E-state index contributed by atoms with van der Waals surface area (Å²) in [4.78, 5) is 41.7. The Morgan fingerprint density at radius 2 is 1.83 bits per heavy atom. The molecule has 1 aliphatic carbocycles. The lowest BCUT2D eigenvalue weighted by Gasteiger charge is -2.29. The number of nitrogens with zero attached hydrogens (tertiary/aromatic N) is 3. The van der Waals surface area contributed by atoms with E-state index in [1.807, 2.05) is 13.8 Å². The Morgan fingerprint density at radius 1 is 1.14 bits per heavy atom. The van der Waals surface area contributed by atoms with Crippen molar-refractivity contribution in [1.82, 2.24) is 15.0 Å². The van der Waals surface area contributed by atoms with E-state index < -0.39 is 0 Å². The van der Waals surface area contributed by atoms with Crippen LogP contribution in [-0.2, 0) is 6.54 Å². The first kappa shape index (κ1) is 19.4. The van der Waals surface area contributed by atoms with Gasteiger partial charge in [-0.25, -0.2) is 0 Å². The monoisotopic (exact) mass is 395 g/mol. The molecule has 4 rings (SSSR count). The molecule has 0 radical (unpaired) electrons. The Balaban J connectivity index is 1.56. The smallest absolute Gasteiger partial charge is 0.261 e. The van der Waals surface area contributed by atoms with Gasteiger partial charge < -0.3 is 9.42 Å². The van der Waals surface area contributed by atoms with Crippen molar-refractivity contribution < 1.29 is 18.9 Å². The molecule has 3 amide bonds. The number of imide groups is 1. The molecular weight excluding hydrogens is 370 g/mol. The number of carbonyl (C=O) groups is 3. The Kier molecular flexibility index (Phi) is 4.98. The lowest BCUT2D eigenvalue weighted by Crippen LogP contribution is -2.40. The van der Waals surface area contributed by atoms with Crippen molar-refractivity contribution in [3.63, 3.8) is 0 Å². The van der Waals surface area contributed by atoms with Crippen molar-refractivity contribution in [1.29, 1.82) is 0 Å². The molecule has 1 saturated carbocycles. The van der Waals surface area contributed by atoms with E-state index in [1.54, 1.807) is 30.1 Å². The average Bonchev–Trinajstić information content (AvgIpc) is 3.18. The first-order valence-electron chi connectivity index (χ1n) is 10.1. The van der Waals surface area contributed by atoms with Gasteiger partial charge in [-0.3, -0.25) is 19.3 Å². The van der Waals surface area contributed by atoms with Crippen LogP contribution in [0.5, 0.6) is 0 Å². The predicted octanol–water partition coefficient (Wildman–Crippen LogP) is 3.49. The van der Waals surface area contributed by atoms with Gasteiger partial charge >= 0.3 is 0 Å². The number of benzene rings is 1. The quantitative estimate of drug-likeness (QED) is 0.740. The van der Waals surface area contributed by atoms with Crippen LogP contribution in [0.4, 0.5) is 0 Å². The zero-order valence-corrected chi connectivity index (χ0v) is 17.0. The average molecular weight is 395 g/mol. The number of amides is 3. The largest absolute Gasteiger partial charge is 0.361 e. The molecule has 1 aromatic heterocycles. The molecule has 0 atom stereocenters. The maximum Gasteiger partial charge on any atom is 0.261 e. The minimum atomic E-state index is -0.278. The summed E-state index contributed by atoms with van der Waals surface area (Å²) in [7, 11) is 1.70. The van der Waals surface area contributed by atoms with Gasteiger partial charge in [-0.15, -0.1) is 0 Å². The van der Waals surface area contributed by atoms with Crippen LogP contribution in [0.3, 0.4) is 0 Å². The fourth-order valence-corrected chi connectivity index (χ4v) is 4.32. The highest BCUT2D eigenvalue weighted by Gasteiger charge is 2.40. The van der Waals surface area contributed by atoms with E-state index in [-0.39, 0.29) is 23.8 Å². The molecule has 7 nitrogen and oxygen atoms in total. The minimum Gasteiger partial charge on any atom is -0.361 e. The summed E-state index contributed by atoms with van der Waals surface area (Å²) in [5.74, 6) is -0.0518. The fraction of sp³-hybridized carbons (Fsp3) is 0.455. The van der Waals surface area contributed by atoms with Crippen LogP contribution in [0.15, 0.2) is 22.7 Å². The number of fused-ring (bicyclic) bond motifs is 1. The zero-order chi connectivity index (χ0) is 20.7. The van der Waals surface area contributed by atoms with Gasteiger partial charge in [-0.05, 0) is 44.9 Å². The summed E-state index contributed by atoms with van der Waals surface area (Å²) in [6.07, 6.45) is 4.94. The maximum atomic E-state index is 13.0. The van der Waals surface area contributed by atoms with E-state index in [1.165, 1.54) is 4.90 Å². The van der Waals surface area contributed by atoms with Gasteiger partial charge in [-0.1, -0.05) is 24.4 Å². The Hall–Kier alpha value is -2.96. The Labute approximate surface area is 169 Å². The van der Waals surface area contributed by atoms with E-state index in [0.717, 1.165) is 43.4 Å². The number of hydrogen-bond donors (Lipinski definition) is 0. The highest BCUT2D eigenvalue weighted by Crippen LogP contribution is 2.31. The highest BCUT2D eigenvalue weighted by atomic mass is 16.5. The number of hydrogen-bond acceptors (Lipinski definition) is 5. The van der Waals surface area contributed by atoms with Crippen molar-refractivity contribution in [3.8, 4) is 0 Å². The molecule has 0 N–H and O–H groups in total. The number of rotatable bonds is 4. The van der Waals surface area contributed by atoms with Gasteiger partial charge in [0.05, 0.1) is 23.4 Å². The number of aryl methyl sites for hydroxylation is 2. The molecule has 152 valence electrons. The first-order chi connectivity index (χ1) is 13.9. The number of carbonyl (C=O) groups excluding carboxylic acids is 3. The van der Waals surface area contributed by atoms with Crippen molar-refractivity contribution in [3.05, 3.63) is 51.9 Å². The van der Waals surface area contributed by atoms with Crippen LogP contribution >= 0.6 is 0 Å². The zero-order valence-electron chi connectivity index (χ0n) is 17.0. The molecule has 0 bridgehead atoms. The maximum absolute atomic E-state index is 13.0. The SMILES string of the molecule is Cc1noc(C)c1CN(C)C(=O)c1ccc2c(c1)C(=O)N(C1CCCCC1)C2=O. The predicted molar refractivity (Wildman–Crippen MR) is 106 cm³/mol. The molecule has 0 unspecified atom stereocenters. The summed E-state index contributed by atoms with van der Waals surface area (Å²) >= 11 is 0. The van der Waals surface area contributed by atoms with E-state index in [2.05, 4.69) is 5.16 Å². The second kappa shape index (κ2) is 7.46. The molecule has 2 aliphatic rings. The topological polar surface area (TPSA) is 83.7 Å². The number of aromatic nitrogens is 1. The summed E-state index contributed by atoms with van der Waals surface area (Å²) in [5.41, 5.74) is 2.74. The standard InChI is InChI=1S/C22H25N3O4/c1-13-19(14(2)29-23-13)12-24(3)20(26)15-9-10-17-18(11-15)22(28)25(21(17)27)16-7-5-4-6-8-16/h9-11,16H,4-8,12H2,1-3H3. The normalized spacial score (nSPS) is 17.0. The fourth-order valence-electron chi connectivity index (χ4n) is 4.32. The van der Waals surface area contributed by atoms with Crippen molar-refractivity contribution in [2.45, 2.75) is 58.5 Å². The van der Waals surface area contributed by atoms with Gasteiger partial charge in [0.2, 0.25) is 0 Å². The minimum absolute atomic E-state index is 0.0301. The molecule has 1 aliphatic heterocycles. The van der Waals surface area contributed by atoms with Gasteiger partial charge in [-0.2, -0.15) is 0 Å². The van der Waals surface area contributed by atoms with Gasteiger partial charge in [0.15, 0.2) is 0 Å². The molecule has 2 aromatic rings. The van der Waals surface area contributed by atoms with Gasteiger partial charge in [0, 0.05) is 24.2 Å². The van der Waals surface area contributed by atoms with E-state index in [4.69, 9.17) is 4.52 Å². The van der Waals surface area contributed by atoms with Crippen molar-refractivity contribution in [2.24, 2.45) is 0 Å². The van der Waals surface area contributed by atoms with E-state index in [0.29, 0.717) is 29.0 Å². The highest BCUT2D eigenvalue weighted by molar-refractivity contribution is 6.22. The summed E-state index contributed by atoms with van der Waals surface area (Å²) in [6, 6.07) is 4.76. The lowest BCUT2D eigenvalue weighted by atomic mass is 9.94. The molecule has 1 fully saturated rings. The molecule has 1 aromatic carbocycles. The molecule has 7 heteroatoms. The third kappa shape index (κ3) is 3.34. The van der Waals surface area contributed by atoms with Crippen LogP contribution in [0.25, 0.3) is 0 Å². The summed E-state index contributed by atoms with van der Waals surface area (Å²) in [5, 5.41) is 3.92. The molecule has 0 spiro atoms. The van der Waals surface area contributed by atoms with E-state index >= 15 is 0 Å². The summed E-state index contributed by atoms with van der Waals surface area (Å²) < 4.78 is 5.16. The second-order valence-corrected chi connectivity index (χ2v) is 8.00. The third-order valence-corrected chi connectivity index (χ3v) is 6.03. The molecule has 0 saturated heterocycles. The molecule has 29 heavy (non-hydrogen) atoms. The Morgan fingerprint density at radius 3 is 2.48 bits per heavy atom. The molecule has 2 heterocycles. The van der Waals surface area contributed by atoms with Crippen molar-refractivity contribution >= 4 is 17.7 Å². The Bertz CT molecular complexity index is 968. The van der Waals surface area contributed by atoms with Crippen molar-refractivity contribution in [2.75, 3.05) is 7.05 Å². The van der Waals surface area contributed by atoms with Crippen LogP contribution in [0, 0.1) is 13.8 Å². The van der Waals surface area contributed by atoms with Crippen LogP contribution in [0.1, 0.15) is 80.2 Å². The van der Waals surface area contributed by atoms with Crippen LogP contribution in [-0.4, -0.2) is 45.8 Å². The first-order valence-corrected chi connectivity index (χ1v) is 10.1. The third-order valence-electron chi connectivity index (χ3n) is 6.03. The summed E-state index contributed by atoms with van der Waals surface area (Å²) in [6.45, 7) is 4.01. The van der Waals surface area contributed by atoms with E-state index in [9.17, 15) is 14.4 Å². The van der Waals surface area contributed by atoms with Gasteiger partial charge in [0.25, 0.3) is 17.7 Å².